The number of hydrogen-bond donors (Lipinski definition) is 1. The number of furan rings is 1. The second-order valence-corrected chi connectivity index (χ2v) is 6.92. The Bertz CT molecular complexity index is 1260. The van der Waals surface area contributed by atoms with Crippen LogP contribution in [0.3, 0.4) is 0 Å². The average Bonchev–Trinajstić information content (AvgIpc) is 3.16. The molecule has 0 radical (unpaired) electrons. The van der Waals surface area contributed by atoms with Crippen LogP contribution in [0, 0.1) is 6.92 Å². The van der Waals surface area contributed by atoms with Crippen LogP contribution in [0.15, 0.2) is 40.9 Å². The van der Waals surface area contributed by atoms with Crippen molar-refractivity contribution in [3.8, 4) is 28.7 Å². The van der Waals surface area contributed by atoms with Gasteiger partial charge in [-0.15, -0.1) is 0 Å². The lowest BCUT2D eigenvalue weighted by Gasteiger charge is -2.25. The molecule has 4 aromatic rings. The molecule has 0 unspecified atom stereocenters. The largest absolute Gasteiger partial charge is 0.485 e. The van der Waals surface area contributed by atoms with E-state index in [0.717, 1.165) is 17.1 Å². The molecule has 0 amide bonds. The third-order valence-electron chi connectivity index (χ3n) is 4.77. The van der Waals surface area contributed by atoms with Crippen LogP contribution >= 0.6 is 0 Å². The molecule has 0 saturated heterocycles. The molecular weight excluding hydrogens is 398 g/mol. The number of aliphatic hydroxyl groups is 1. The van der Waals surface area contributed by atoms with Crippen molar-refractivity contribution < 1.29 is 32.5 Å². The van der Waals surface area contributed by atoms with Crippen LogP contribution in [0.4, 0.5) is 8.78 Å². The number of aryl methyl sites for hydroxylation is 1. The van der Waals surface area contributed by atoms with Crippen molar-refractivity contribution in [1.82, 2.24) is 9.97 Å². The van der Waals surface area contributed by atoms with Crippen molar-refractivity contribution in [3.05, 3.63) is 42.1 Å². The highest BCUT2D eigenvalue weighted by atomic mass is 19.3. The topological polar surface area (TPSA) is 86.8 Å². The van der Waals surface area contributed by atoms with E-state index in [0.29, 0.717) is 39.4 Å². The fourth-order valence-corrected chi connectivity index (χ4v) is 3.50. The van der Waals surface area contributed by atoms with Gasteiger partial charge in [-0.3, -0.25) is 0 Å². The summed E-state index contributed by atoms with van der Waals surface area (Å²) >= 11 is 0. The Morgan fingerprint density at radius 1 is 1.27 bits per heavy atom. The summed E-state index contributed by atoms with van der Waals surface area (Å²) in [6.45, 7) is -1.02. The van der Waals surface area contributed by atoms with Crippen LogP contribution in [-0.2, 0) is 0 Å². The molecule has 0 spiro atoms. The van der Waals surface area contributed by atoms with Gasteiger partial charge >= 0.3 is 6.61 Å². The molecule has 3 heterocycles. The first-order chi connectivity index (χ1) is 14.5. The number of fused-ring (bicyclic) bond motifs is 4. The van der Waals surface area contributed by atoms with E-state index < -0.39 is 12.7 Å². The summed E-state index contributed by atoms with van der Waals surface area (Å²) in [7, 11) is 0. The quantitative estimate of drug-likeness (QED) is 0.538. The molecule has 7 nitrogen and oxygen atoms in total. The third-order valence-corrected chi connectivity index (χ3v) is 4.77. The van der Waals surface area contributed by atoms with Crippen molar-refractivity contribution in [2.75, 3.05) is 13.2 Å². The maximum Gasteiger partial charge on any atom is 0.388 e. The first-order valence-electron chi connectivity index (χ1n) is 9.21. The maximum absolute atomic E-state index is 12.5. The van der Waals surface area contributed by atoms with E-state index in [1.54, 1.807) is 18.2 Å². The third kappa shape index (κ3) is 3.17. The molecule has 154 valence electrons. The van der Waals surface area contributed by atoms with Gasteiger partial charge in [0.15, 0.2) is 17.6 Å². The van der Waals surface area contributed by atoms with Gasteiger partial charge < -0.3 is 23.7 Å². The first-order valence-corrected chi connectivity index (χ1v) is 9.21. The number of aliphatic hydroxyl groups excluding tert-OH is 1. The second-order valence-electron chi connectivity index (χ2n) is 6.92. The normalized spacial score (nSPS) is 15.8. The van der Waals surface area contributed by atoms with E-state index in [1.807, 2.05) is 19.1 Å². The zero-order chi connectivity index (χ0) is 20.8. The number of halogens is 2. The molecule has 2 aromatic carbocycles. The minimum atomic E-state index is -2.98. The summed E-state index contributed by atoms with van der Waals surface area (Å²) in [4.78, 5) is 8.40. The molecule has 2 aromatic heterocycles. The monoisotopic (exact) mass is 414 g/mol. The minimum Gasteiger partial charge on any atom is -0.485 e. The van der Waals surface area contributed by atoms with Crippen LogP contribution in [0.5, 0.6) is 17.4 Å². The molecule has 0 fully saturated rings. The predicted octanol–water partition coefficient (Wildman–Crippen LogP) is 4.08. The molecule has 1 atom stereocenters. The second kappa shape index (κ2) is 7.10. The summed E-state index contributed by atoms with van der Waals surface area (Å²) in [6.07, 6.45) is 0.742. The average molecular weight is 414 g/mol. The van der Waals surface area contributed by atoms with Gasteiger partial charge in [-0.25, -0.2) is 9.97 Å². The highest BCUT2D eigenvalue weighted by molar-refractivity contribution is 5.96. The number of rotatable bonds is 4. The molecule has 0 aliphatic carbocycles. The van der Waals surface area contributed by atoms with E-state index in [-0.39, 0.29) is 19.1 Å². The number of hydrogen-bond acceptors (Lipinski definition) is 7. The highest BCUT2D eigenvalue weighted by Gasteiger charge is 2.24. The standard InChI is InChI=1S/C21H16F2N2O5/c1-10-4-12(19-14(5-10)25-18(7-24-19)30-21(22)23)17-6-13-15(29-17)2-3-16-20(13)27-9-11(8-26)28-16/h2-7,11,21,26H,8-9H2,1H3/t11-/m0/s1. The summed E-state index contributed by atoms with van der Waals surface area (Å²) < 4.78 is 46.9. The predicted molar refractivity (Wildman–Crippen MR) is 103 cm³/mol. The number of alkyl halides is 2. The Kier molecular flexibility index (Phi) is 4.39. The fraction of sp³-hybridized carbons (Fsp3) is 0.238. The van der Waals surface area contributed by atoms with Crippen LogP contribution < -0.4 is 14.2 Å². The zero-order valence-electron chi connectivity index (χ0n) is 15.8. The summed E-state index contributed by atoms with van der Waals surface area (Å²) in [5.74, 6) is 1.35. The number of nitrogens with zero attached hydrogens (tertiary/aromatic N) is 2. The SMILES string of the molecule is Cc1cc(-c2cc3c4c(ccc3o2)O[C@@H](CO)CO4)c2ncc(OC(F)F)nc2c1. The van der Waals surface area contributed by atoms with Gasteiger partial charge in [-0.1, -0.05) is 0 Å². The van der Waals surface area contributed by atoms with E-state index >= 15 is 0 Å². The van der Waals surface area contributed by atoms with Crippen molar-refractivity contribution in [3.63, 3.8) is 0 Å². The first kappa shape index (κ1) is 18.6. The summed E-state index contributed by atoms with van der Waals surface area (Å²) in [5.41, 5.74) is 3.02. The Balaban J connectivity index is 1.63. The van der Waals surface area contributed by atoms with Gasteiger partial charge in [0, 0.05) is 5.56 Å². The molecule has 9 heteroatoms. The molecule has 30 heavy (non-hydrogen) atoms. The van der Waals surface area contributed by atoms with Gasteiger partial charge in [-0.2, -0.15) is 8.78 Å². The minimum absolute atomic E-state index is 0.140. The van der Waals surface area contributed by atoms with Crippen molar-refractivity contribution in [2.45, 2.75) is 19.6 Å². The smallest absolute Gasteiger partial charge is 0.388 e. The molecule has 5 rings (SSSR count). The van der Waals surface area contributed by atoms with E-state index in [1.165, 1.54) is 0 Å². The highest BCUT2D eigenvalue weighted by Crippen LogP contribution is 2.42. The van der Waals surface area contributed by atoms with Crippen LogP contribution in [0.2, 0.25) is 0 Å². The Labute approximate surface area is 168 Å². The summed E-state index contributed by atoms with van der Waals surface area (Å²) in [5, 5.41) is 10.0. The molecule has 1 aliphatic heterocycles. The Morgan fingerprint density at radius 2 is 2.13 bits per heavy atom. The van der Waals surface area contributed by atoms with Crippen molar-refractivity contribution in [1.29, 1.82) is 0 Å². The van der Waals surface area contributed by atoms with Gasteiger partial charge in [-0.05, 0) is 42.8 Å². The molecule has 1 N–H and O–H groups in total. The lowest BCUT2D eigenvalue weighted by molar-refractivity contribution is -0.0528. The van der Waals surface area contributed by atoms with Crippen molar-refractivity contribution in [2.24, 2.45) is 0 Å². The zero-order valence-corrected chi connectivity index (χ0v) is 15.8. The van der Waals surface area contributed by atoms with Crippen LogP contribution in [-0.4, -0.2) is 41.0 Å². The number of ether oxygens (including phenoxy) is 3. The van der Waals surface area contributed by atoms with Crippen molar-refractivity contribution >= 4 is 22.0 Å². The Hall–Kier alpha value is -3.46. The molecule has 0 bridgehead atoms. The van der Waals surface area contributed by atoms with Gasteiger partial charge in [0.25, 0.3) is 0 Å². The van der Waals surface area contributed by atoms with Crippen LogP contribution in [0.25, 0.3) is 33.3 Å². The lowest BCUT2D eigenvalue weighted by Crippen LogP contribution is -2.32. The van der Waals surface area contributed by atoms with Gasteiger partial charge in [0.1, 0.15) is 18.0 Å². The lowest BCUT2D eigenvalue weighted by atomic mass is 10.1. The van der Waals surface area contributed by atoms with E-state index in [9.17, 15) is 13.9 Å². The fourth-order valence-electron chi connectivity index (χ4n) is 3.50. The number of benzene rings is 2. The molecule has 1 aliphatic rings. The number of aromatic nitrogens is 2. The molecular formula is C21H16F2N2O5. The van der Waals surface area contributed by atoms with Crippen LogP contribution in [0.1, 0.15) is 5.56 Å². The van der Waals surface area contributed by atoms with Gasteiger partial charge in [0.2, 0.25) is 5.88 Å². The van der Waals surface area contributed by atoms with Gasteiger partial charge in [0.05, 0.1) is 29.2 Å². The maximum atomic E-state index is 12.5. The van der Waals surface area contributed by atoms with E-state index in [2.05, 4.69) is 14.7 Å². The summed E-state index contributed by atoms with van der Waals surface area (Å²) in [6, 6.07) is 8.93. The molecule has 0 saturated carbocycles. The van der Waals surface area contributed by atoms with E-state index in [4.69, 9.17) is 13.9 Å². The Morgan fingerprint density at radius 3 is 2.93 bits per heavy atom.